The van der Waals surface area contributed by atoms with Gasteiger partial charge in [-0.05, 0) is 45.2 Å². The summed E-state index contributed by atoms with van der Waals surface area (Å²) in [7, 11) is 0. The fourth-order valence-corrected chi connectivity index (χ4v) is 3.86. The summed E-state index contributed by atoms with van der Waals surface area (Å²) in [5.74, 6) is 1.00. The Hall–Kier alpha value is -2.40. The minimum Gasteiger partial charge on any atom is -0.383 e. The van der Waals surface area contributed by atoms with Crippen molar-refractivity contribution >= 4 is 11.5 Å². The van der Waals surface area contributed by atoms with Crippen LogP contribution >= 0.6 is 0 Å². The number of β-amino-alcohol motifs (C(OH)–C–C–N with tert-alkyl or cyclic N) is 1. The molecule has 0 radical (unpaired) electrons. The second-order valence-electron chi connectivity index (χ2n) is 7.22. The Bertz CT molecular complexity index is 962. The first-order chi connectivity index (χ1) is 11.9. The van der Waals surface area contributed by atoms with Crippen molar-refractivity contribution < 1.29 is 5.11 Å². The third kappa shape index (κ3) is 2.50. The van der Waals surface area contributed by atoms with Crippen molar-refractivity contribution in [1.29, 1.82) is 0 Å². The molecule has 25 heavy (non-hydrogen) atoms. The molecule has 5 nitrogen and oxygen atoms in total. The lowest BCUT2D eigenvalue weighted by Gasteiger charge is -2.26. The van der Waals surface area contributed by atoms with E-state index in [1.165, 1.54) is 0 Å². The maximum absolute atomic E-state index is 11.3. The van der Waals surface area contributed by atoms with E-state index in [4.69, 9.17) is 0 Å². The predicted octanol–water partition coefficient (Wildman–Crippen LogP) is 3.06. The van der Waals surface area contributed by atoms with Crippen LogP contribution in [-0.4, -0.2) is 32.8 Å². The van der Waals surface area contributed by atoms with Gasteiger partial charge in [0.1, 0.15) is 11.4 Å². The summed E-state index contributed by atoms with van der Waals surface area (Å²) in [5, 5.41) is 16.0. The molecule has 1 aromatic carbocycles. The zero-order chi connectivity index (χ0) is 17.8. The molecule has 1 aliphatic rings. The van der Waals surface area contributed by atoms with E-state index in [9.17, 15) is 5.11 Å². The Morgan fingerprint density at radius 3 is 2.64 bits per heavy atom. The minimum atomic E-state index is -0.827. The molecule has 1 N–H and O–H groups in total. The van der Waals surface area contributed by atoms with E-state index in [0.717, 1.165) is 46.1 Å². The molecule has 1 aliphatic heterocycles. The summed E-state index contributed by atoms with van der Waals surface area (Å²) in [5.41, 5.74) is 5.30. The monoisotopic (exact) mass is 336 g/mol. The average molecular weight is 336 g/mol. The predicted molar refractivity (Wildman–Crippen MR) is 99.1 cm³/mol. The second-order valence-corrected chi connectivity index (χ2v) is 7.22. The van der Waals surface area contributed by atoms with Crippen molar-refractivity contribution in [3.05, 3.63) is 58.4 Å². The third-order valence-corrected chi connectivity index (χ3v) is 5.38. The van der Waals surface area contributed by atoms with Gasteiger partial charge in [-0.25, -0.2) is 4.98 Å². The van der Waals surface area contributed by atoms with Gasteiger partial charge in [0.05, 0.1) is 12.2 Å². The van der Waals surface area contributed by atoms with Gasteiger partial charge in [0.25, 0.3) is 0 Å². The molecule has 1 fully saturated rings. The van der Waals surface area contributed by atoms with Crippen molar-refractivity contribution in [2.75, 3.05) is 18.0 Å². The second kappa shape index (κ2) is 5.56. The largest absolute Gasteiger partial charge is 0.383 e. The Labute approximate surface area is 147 Å². The molecule has 0 aliphatic carbocycles. The highest BCUT2D eigenvalue weighted by atomic mass is 16.3. The normalized spacial score (nSPS) is 20.6. The van der Waals surface area contributed by atoms with Crippen LogP contribution in [0, 0.1) is 27.7 Å². The highest BCUT2D eigenvalue weighted by Crippen LogP contribution is 2.36. The number of aliphatic hydroxyl groups is 1. The van der Waals surface area contributed by atoms with Crippen molar-refractivity contribution in [3.63, 3.8) is 0 Å². The number of fused-ring (bicyclic) bond motifs is 1. The van der Waals surface area contributed by atoms with E-state index < -0.39 is 5.60 Å². The zero-order valence-corrected chi connectivity index (χ0v) is 15.2. The minimum absolute atomic E-state index is 0.564. The smallest absolute Gasteiger partial charge is 0.160 e. The Morgan fingerprint density at radius 2 is 1.88 bits per heavy atom. The molecule has 5 heteroatoms. The number of aryl methyl sites for hydroxylation is 4. The van der Waals surface area contributed by atoms with Crippen LogP contribution in [0.4, 0.5) is 5.82 Å². The highest BCUT2D eigenvalue weighted by molar-refractivity contribution is 5.57. The summed E-state index contributed by atoms with van der Waals surface area (Å²) in [6.45, 7) is 9.49. The first kappa shape index (κ1) is 16.1. The van der Waals surface area contributed by atoms with Crippen molar-refractivity contribution in [2.24, 2.45) is 0 Å². The number of rotatable bonds is 2. The van der Waals surface area contributed by atoms with Crippen LogP contribution in [0.3, 0.4) is 0 Å². The molecule has 0 spiro atoms. The molecule has 0 amide bonds. The molecule has 0 unspecified atom stereocenters. The maximum atomic E-state index is 11.3. The topological polar surface area (TPSA) is 53.7 Å². The SMILES string of the molecule is Cc1cc(N2CC[C@](O)(c3ccccc3C)C2)n2nc(C)c(C)c2n1. The zero-order valence-electron chi connectivity index (χ0n) is 15.2. The van der Waals surface area contributed by atoms with E-state index >= 15 is 0 Å². The molecule has 1 saturated heterocycles. The average Bonchev–Trinajstić information content (AvgIpc) is 3.10. The number of hydrogen-bond donors (Lipinski definition) is 1. The fraction of sp³-hybridized carbons (Fsp3) is 0.400. The van der Waals surface area contributed by atoms with Crippen LogP contribution in [0.1, 0.15) is 34.5 Å². The van der Waals surface area contributed by atoms with Gasteiger partial charge in [0, 0.05) is 23.9 Å². The van der Waals surface area contributed by atoms with Crippen molar-refractivity contribution in [3.8, 4) is 0 Å². The maximum Gasteiger partial charge on any atom is 0.160 e. The van der Waals surface area contributed by atoms with Crippen LogP contribution < -0.4 is 4.90 Å². The van der Waals surface area contributed by atoms with Crippen molar-refractivity contribution in [1.82, 2.24) is 14.6 Å². The fourth-order valence-electron chi connectivity index (χ4n) is 3.86. The lowest BCUT2D eigenvalue weighted by atomic mass is 9.89. The molecule has 3 aromatic rings. The number of nitrogens with zero attached hydrogens (tertiary/aromatic N) is 4. The molecule has 4 rings (SSSR count). The van der Waals surface area contributed by atoms with Crippen molar-refractivity contribution in [2.45, 2.75) is 39.7 Å². The first-order valence-electron chi connectivity index (χ1n) is 8.76. The van der Waals surface area contributed by atoms with E-state index in [2.05, 4.69) is 41.0 Å². The summed E-state index contributed by atoms with van der Waals surface area (Å²) in [6.07, 6.45) is 0.708. The van der Waals surface area contributed by atoms with Crippen LogP contribution in [0.5, 0.6) is 0 Å². The third-order valence-electron chi connectivity index (χ3n) is 5.38. The molecule has 3 heterocycles. The van der Waals surface area contributed by atoms with Gasteiger partial charge in [0.2, 0.25) is 0 Å². The number of anilines is 1. The Morgan fingerprint density at radius 1 is 1.12 bits per heavy atom. The molecule has 0 saturated carbocycles. The summed E-state index contributed by atoms with van der Waals surface area (Å²) in [4.78, 5) is 6.87. The lowest BCUT2D eigenvalue weighted by molar-refractivity contribution is 0.0599. The van der Waals surface area contributed by atoms with E-state index in [-0.39, 0.29) is 0 Å². The van der Waals surface area contributed by atoms with Crippen LogP contribution in [0.25, 0.3) is 5.65 Å². The van der Waals surface area contributed by atoms with Crippen LogP contribution in [0.2, 0.25) is 0 Å². The van der Waals surface area contributed by atoms with Gasteiger partial charge in [0.15, 0.2) is 5.65 Å². The molecule has 1 atom stereocenters. The Kier molecular flexibility index (Phi) is 3.58. The quantitative estimate of drug-likeness (QED) is 0.781. The molecule has 0 bridgehead atoms. The standard InChI is InChI=1S/C20H24N4O/c1-13-7-5-6-8-17(13)20(25)9-10-23(12-20)18-11-14(2)21-19-15(3)16(4)22-24(18)19/h5-8,11,25H,9-10,12H2,1-4H3/t20-/m1/s1. The molecule has 130 valence electrons. The molecular weight excluding hydrogens is 312 g/mol. The van der Waals surface area contributed by atoms with Gasteiger partial charge in [-0.3, -0.25) is 0 Å². The van der Waals surface area contributed by atoms with Gasteiger partial charge in [-0.1, -0.05) is 24.3 Å². The Balaban J connectivity index is 1.77. The van der Waals surface area contributed by atoms with Gasteiger partial charge in [-0.2, -0.15) is 9.61 Å². The van der Waals surface area contributed by atoms with E-state index in [0.29, 0.717) is 13.0 Å². The van der Waals surface area contributed by atoms with E-state index in [1.54, 1.807) is 0 Å². The summed E-state index contributed by atoms with van der Waals surface area (Å²) < 4.78 is 1.92. The lowest BCUT2D eigenvalue weighted by Crippen LogP contribution is -2.32. The number of aromatic nitrogens is 3. The van der Waals surface area contributed by atoms with E-state index in [1.807, 2.05) is 36.6 Å². The van der Waals surface area contributed by atoms with Crippen LogP contribution in [0.15, 0.2) is 30.3 Å². The summed E-state index contributed by atoms with van der Waals surface area (Å²) >= 11 is 0. The van der Waals surface area contributed by atoms with Gasteiger partial charge in [-0.15, -0.1) is 0 Å². The highest BCUT2D eigenvalue weighted by Gasteiger charge is 2.39. The number of benzene rings is 1. The first-order valence-corrected chi connectivity index (χ1v) is 8.76. The van der Waals surface area contributed by atoms with Gasteiger partial charge >= 0.3 is 0 Å². The summed E-state index contributed by atoms with van der Waals surface area (Å²) in [6, 6.07) is 10.2. The molecular formula is C20H24N4O. The van der Waals surface area contributed by atoms with Crippen LogP contribution in [-0.2, 0) is 5.60 Å². The van der Waals surface area contributed by atoms with Gasteiger partial charge < -0.3 is 10.0 Å². The number of hydrogen-bond acceptors (Lipinski definition) is 4. The molecule has 2 aromatic heterocycles.